The van der Waals surface area contributed by atoms with Crippen molar-refractivity contribution in [3.63, 3.8) is 0 Å². The molecule has 0 unspecified atom stereocenters. The van der Waals surface area contributed by atoms with Crippen LogP contribution in [0.3, 0.4) is 0 Å². The molecular formula is C26H33N3O16S2. The van der Waals surface area contributed by atoms with Crippen LogP contribution in [-0.2, 0) is 66.1 Å². The van der Waals surface area contributed by atoms with Gasteiger partial charge in [-0.2, -0.15) is 16.8 Å². The molecule has 10 atom stereocenters. The Hall–Kier alpha value is -2.83. The highest BCUT2D eigenvalue weighted by Gasteiger charge is 2.54. The summed E-state index contributed by atoms with van der Waals surface area (Å²) in [6.07, 6.45) is -16.2. The van der Waals surface area contributed by atoms with Crippen molar-refractivity contribution >= 4 is 20.8 Å². The maximum atomic E-state index is 11.7. The summed E-state index contributed by atoms with van der Waals surface area (Å²) in [5.41, 5.74) is 10.5. The molecule has 2 aliphatic rings. The highest BCUT2D eigenvalue weighted by atomic mass is 32.3. The first kappa shape index (κ1) is 37.0. The molecule has 21 heteroatoms. The molecule has 2 fully saturated rings. The van der Waals surface area contributed by atoms with E-state index in [4.69, 9.17) is 23.7 Å². The summed E-state index contributed by atoms with van der Waals surface area (Å²) in [5.74, 6) is 0. The van der Waals surface area contributed by atoms with E-state index in [0.29, 0.717) is 11.1 Å². The Morgan fingerprint density at radius 2 is 1.36 bits per heavy atom. The summed E-state index contributed by atoms with van der Waals surface area (Å²) in [6.45, 7) is -1.59. The summed E-state index contributed by atoms with van der Waals surface area (Å²) < 4.78 is 103. The Morgan fingerprint density at radius 3 is 1.91 bits per heavy atom. The van der Waals surface area contributed by atoms with Crippen LogP contribution in [0.4, 0.5) is 0 Å². The molecule has 2 aliphatic heterocycles. The van der Waals surface area contributed by atoms with E-state index in [1.54, 1.807) is 60.7 Å². The van der Waals surface area contributed by atoms with Crippen molar-refractivity contribution < 1.29 is 73.3 Å². The van der Waals surface area contributed by atoms with E-state index < -0.39 is 95.4 Å². The van der Waals surface area contributed by atoms with Gasteiger partial charge in [-0.15, -0.1) is 0 Å². The van der Waals surface area contributed by atoms with Crippen molar-refractivity contribution in [1.29, 1.82) is 0 Å². The molecule has 5 N–H and O–H groups in total. The summed E-state index contributed by atoms with van der Waals surface area (Å²) in [4.78, 5) is 2.64. The van der Waals surface area contributed by atoms with Crippen molar-refractivity contribution in [3.05, 3.63) is 82.2 Å². The zero-order chi connectivity index (χ0) is 34.2. The molecule has 2 aromatic rings. The molecule has 2 aromatic carbocycles. The molecule has 0 aromatic heterocycles. The Bertz CT molecular complexity index is 1550. The molecule has 260 valence electrons. The van der Waals surface area contributed by atoms with Crippen molar-refractivity contribution in [2.75, 3.05) is 13.2 Å². The fourth-order valence-corrected chi connectivity index (χ4v) is 6.03. The zero-order valence-electron chi connectivity index (χ0n) is 24.3. The van der Waals surface area contributed by atoms with Crippen LogP contribution in [-0.4, -0.2) is 116 Å². The minimum Gasteiger partial charge on any atom is -0.394 e. The van der Waals surface area contributed by atoms with E-state index in [9.17, 15) is 46.8 Å². The van der Waals surface area contributed by atoms with Crippen LogP contribution in [0.5, 0.6) is 0 Å². The highest BCUT2D eigenvalue weighted by Crippen LogP contribution is 2.34. The lowest BCUT2D eigenvalue weighted by Crippen LogP contribution is -2.65. The molecule has 0 spiro atoms. The van der Waals surface area contributed by atoms with Crippen LogP contribution in [0.2, 0.25) is 0 Å². The molecular weight excluding hydrogens is 674 g/mol. The highest BCUT2D eigenvalue weighted by molar-refractivity contribution is 7.81. The maximum Gasteiger partial charge on any atom is 0.397 e. The molecule has 0 aliphatic carbocycles. The molecule has 0 amide bonds. The van der Waals surface area contributed by atoms with Crippen LogP contribution in [0.15, 0.2) is 65.8 Å². The van der Waals surface area contributed by atoms with Gasteiger partial charge < -0.3 is 39.0 Å². The molecule has 19 nitrogen and oxygen atoms in total. The first-order valence-electron chi connectivity index (χ1n) is 13.9. The van der Waals surface area contributed by atoms with E-state index >= 15 is 0 Å². The van der Waals surface area contributed by atoms with Gasteiger partial charge in [0, 0.05) is 4.91 Å². The summed E-state index contributed by atoms with van der Waals surface area (Å²) in [5, 5.41) is 35.2. The second-order valence-corrected chi connectivity index (χ2v) is 12.4. The van der Waals surface area contributed by atoms with Crippen molar-refractivity contribution in [2.45, 2.75) is 74.6 Å². The standard InChI is InChI=1S/C26H33N3O16S2/c27-29-28-19-20(31)21(44-46(33,34)35)18(14-39-12-15-7-3-1-4-8-15)42-26(19)43-22-17(11-30)41-25(32)24(45-47(36,37)38)23(22)40-13-16-9-5-2-6-10-16/h1-10,17-26,30-32H,11-14H2,(H,33,34,35)(H,36,37,38)/t17-,18-,19-,20-,21+,22-,23+,24-,25-,26+/m1/s1. The predicted octanol–water partition coefficient (Wildman–Crippen LogP) is 0.0240. The van der Waals surface area contributed by atoms with Gasteiger partial charge >= 0.3 is 20.8 Å². The first-order chi connectivity index (χ1) is 22.3. The molecule has 0 bridgehead atoms. The smallest absolute Gasteiger partial charge is 0.394 e. The molecule has 2 heterocycles. The van der Waals surface area contributed by atoms with Gasteiger partial charge in [0.1, 0.15) is 36.6 Å². The summed E-state index contributed by atoms with van der Waals surface area (Å²) >= 11 is 0. The van der Waals surface area contributed by atoms with Gasteiger partial charge in [-0.1, -0.05) is 65.8 Å². The van der Waals surface area contributed by atoms with E-state index in [-0.39, 0.29) is 13.2 Å². The van der Waals surface area contributed by atoms with Gasteiger partial charge in [-0.05, 0) is 16.7 Å². The molecule has 4 rings (SSSR count). The van der Waals surface area contributed by atoms with E-state index in [0.717, 1.165) is 0 Å². The van der Waals surface area contributed by atoms with Gasteiger partial charge in [-0.25, -0.2) is 8.37 Å². The van der Waals surface area contributed by atoms with Crippen LogP contribution in [0, 0.1) is 0 Å². The van der Waals surface area contributed by atoms with Gasteiger partial charge in [0.05, 0.1) is 32.5 Å². The number of azide groups is 1. The van der Waals surface area contributed by atoms with Crippen molar-refractivity contribution in [1.82, 2.24) is 0 Å². The average molecular weight is 708 g/mol. The van der Waals surface area contributed by atoms with Gasteiger partial charge in [0.15, 0.2) is 18.7 Å². The first-order valence-corrected chi connectivity index (χ1v) is 16.6. The topological polar surface area (TPSA) is 283 Å². The average Bonchev–Trinajstić information content (AvgIpc) is 3.01. The zero-order valence-corrected chi connectivity index (χ0v) is 25.9. The molecule has 0 radical (unpaired) electrons. The summed E-state index contributed by atoms with van der Waals surface area (Å²) in [7, 11) is -10.4. The molecule has 47 heavy (non-hydrogen) atoms. The number of nitrogens with zero attached hydrogens (tertiary/aromatic N) is 3. The monoisotopic (exact) mass is 707 g/mol. The molecule has 0 saturated carbocycles. The molecule has 2 saturated heterocycles. The fraction of sp³-hybridized carbons (Fsp3) is 0.538. The van der Waals surface area contributed by atoms with Gasteiger partial charge in [0.2, 0.25) is 0 Å². The lowest BCUT2D eigenvalue weighted by atomic mass is 9.96. The van der Waals surface area contributed by atoms with Crippen LogP contribution >= 0.6 is 0 Å². The Labute approximate surface area is 269 Å². The predicted molar refractivity (Wildman–Crippen MR) is 154 cm³/mol. The Morgan fingerprint density at radius 1 is 0.787 bits per heavy atom. The third-order valence-electron chi connectivity index (χ3n) is 7.05. The minimum atomic E-state index is -5.24. The lowest BCUT2D eigenvalue weighted by Gasteiger charge is -2.47. The second-order valence-electron chi connectivity index (χ2n) is 10.3. The SMILES string of the molecule is [N-]=[N+]=N[C@H]1[C@H](O[C@H]2[C@H](OCc3ccccc3)[C@@H](OS(=O)(=O)O)[C@H](O)O[C@@H]2CO)O[C@H](COCc2ccccc2)[C@H](OS(=O)(=O)O)[C@@H]1O. The number of benzene rings is 2. The third kappa shape index (κ3) is 10.6. The number of hydrogen-bond donors (Lipinski definition) is 5. The Kier molecular flexibility index (Phi) is 13.0. The fourth-order valence-electron chi connectivity index (χ4n) is 5.02. The number of aliphatic hydroxyl groups is 3. The van der Waals surface area contributed by atoms with Crippen LogP contribution < -0.4 is 0 Å². The van der Waals surface area contributed by atoms with Gasteiger partial charge in [-0.3, -0.25) is 9.11 Å². The summed E-state index contributed by atoms with van der Waals surface area (Å²) in [6, 6.07) is 15.3. The van der Waals surface area contributed by atoms with Crippen molar-refractivity contribution in [2.24, 2.45) is 5.11 Å². The quantitative estimate of drug-likeness (QED) is 0.0706. The minimum absolute atomic E-state index is 0.00825. The third-order valence-corrected chi connectivity index (χ3v) is 7.98. The van der Waals surface area contributed by atoms with E-state index in [1.807, 2.05) is 0 Å². The van der Waals surface area contributed by atoms with Crippen LogP contribution in [0.25, 0.3) is 10.4 Å². The van der Waals surface area contributed by atoms with Gasteiger partial charge in [0.25, 0.3) is 0 Å². The largest absolute Gasteiger partial charge is 0.397 e. The maximum absolute atomic E-state index is 11.7. The number of aliphatic hydroxyl groups excluding tert-OH is 3. The number of rotatable bonds is 15. The number of hydrogen-bond acceptors (Lipinski definition) is 15. The second kappa shape index (κ2) is 16.5. The van der Waals surface area contributed by atoms with Crippen molar-refractivity contribution in [3.8, 4) is 0 Å². The van der Waals surface area contributed by atoms with E-state index in [2.05, 4.69) is 18.4 Å². The van der Waals surface area contributed by atoms with Crippen LogP contribution in [0.1, 0.15) is 11.1 Å². The Balaban J connectivity index is 1.66. The van der Waals surface area contributed by atoms with E-state index in [1.165, 1.54) is 0 Å². The normalized spacial score (nSPS) is 31.6. The lowest BCUT2D eigenvalue weighted by molar-refractivity contribution is -0.341. The number of ether oxygens (including phenoxy) is 5.